The second-order valence-corrected chi connectivity index (χ2v) is 8.68. The second-order valence-electron chi connectivity index (χ2n) is 1.76. The van der Waals surface area contributed by atoms with Crippen LogP contribution < -0.4 is 0 Å². The topological polar surface area (TPSA) is 52.6 Å². The Bertz CT molecular complexity index is 266. The number of hydrogen-bond donors (Lipinski definition) is 0. The molecule has 0 amide bonds. The Morgan fingerprint density at radius 1 is 1.09 bits per heavy atom. The van der Waals surface area contributed by atoms with Gasteiger partial charge in [0.1, 0.15) is 17.5 Å². The molecule has 0 aromatic rings. The molecule has 4 nitrogen and oxygen atoms in total. The Morgan fingerprint density at radius 3 is 1.55 bits per heavy atom. The smallest absolute Gasteiger partial charge is 0.178 e. The van der Waals surface area contributed by atoms with E-state index in [1.807, 2.05) is 0 Å². The highest BCUT2D eigenvalue weighted by Gasteiger charge is 2.00. The molecule has 0 aliphatic rings. The van der Waals surface area contributed by atoms with Gasteiger partial charge in [0.25, 0.3) is 0 Å². The maximum Gasteiger partial charge on any atom is 0.178 e. The third-order valence-corrected chi connectivity index (χ3v) is 2.15. The largest absolute Gasteiger partial charge is 0.260 e. The molecule has 8 heteroatoms. The molecule has 0 radical (unpaired) electrons. The van der Waals surface area contributed by atoms with Crippen molar-refractivity contribution in [3.63, 3.8) is 0 Å². The minimum atomic E-state index is -2.71. The summed E-state index contributed by atoms with van der Waals surface area (Å²) < 4.78 is 30.3. The predicted molar refractivity (Wildman–Crippen MR) is 49.9 cm³/mol. The molecule has 0 aliphatic heterocycles. The van der Waals surface area contributed by atoms with Gasteiger partial charge in [-0.15, -0.1) is 0 Å². The van der Waals surface area contributed by atoms with Gasteiger partial charge in [0.15, 0.2) is 6.79 Å². The van der Waals surface area contributed by atoms with Gasteiger partial charge in [-0.3, -0.25) is 8.37 Å². The van der Waals surface area contributed by atoms with E-state index in [4.69, 9.17) is 0 Å². The van der Waals surface area contributed by atoms with Gasteiger partial charge in [0.2, 0.25) is 0 Å². The van der Waals surface area contributed by atoms with Gasteiger partial charge < -0.3 is 0 Å². The normalized spacial score (nSPS) is 22.0. The van der Waals surface area contributed by atoms with Gasteiger partial charge >= 0.3 is 0 Å². The van der Waals surface area contributed by atoms with Gasteiger partial charge in [-0.25, -0.2) is 8.42 Å². The molecule has 0 saturated heterocycles. The van der Waals surface area contributed by atoms with Crippen LogP contribution in [-0.4, -0.2) is 27.7 Å². The maximum absolute atomic E-state index is 10.7. The highest BCUT2D eigenvalue weighted by Crippen LogP contribution is 1.92. The molecule has 0 N–H and O–H groups in total. The van der Waals surface area contributed by atoms with E-state index in [-0.39, 0.29) is 0 Å². The molecular weight excluding hydrogens is 228 g/mol. The Balaban J connectivity index is 3.79. The molecule has 0 saturated carbocycles. The Kier molecular flexibility index (Phi) is 4.30. The zero-order chi connectivity index (χ0) is 9.12. The second kappa shape index (κ2) is 4.06. The van der Waals surface area contributed by atoms with Gasteiger partial charge in [-0.2, -0.15) is 0 Å². The minimum absolute atomic E-state index is 0.391. The Morgan fingerprint density at radius 2 is 1.36 bits per heavy atom. The average molecular weight is 236 g/mol. The van der Waals surface area contributed by atoms with Crippen LogP contribution in [0.2, 0.25) is 0 Å². The summed E-state index contributed by atoms with van der Waals surface area (Å²) in [7, 11) is -5.42. The van der Waals surface area contributed by atoms with Crippen LogP contribution in [0.5, 0.6) is 0 Å². The first-order chi connectivity index (χ1) is 4.71. The lowest BCUT2D eigenvalue weighted by Crippen LogP contribution is -2.09. The number of hydrogen-bond acceptors (Lipinski definition) is 6. The van der Waals surface area contributed by atoms with Crippen molar-refractivity contribution in [1.29, 1.82) is 0 Å². The molecule has 0 aromatic carbocycles. The summed E-state index contributed by atoms with van der Waals surface area (Å²) in [5, 5.41) is 0. The van der Waals surface area contributed by atoms with Crippen LogP contribution in [0.4, 0.5) is 0 Å². The van der Waals surface area contributed by atoms with Crippen molar-refractivity contribution in [2.45, 2.75) is 0 Å². The fourth-order valence-electron chi connectivity index (χ4n) is 0.194. The van der Waals surface area contributed by atoms with E-state index < -0.39 is 24.3 Å². The average Bonchev–Trinajstić information content (AvgIpc) is 1.55. The third-order valence-electron chi connectivity index (χ3n) is 0.524. The standard InChI is InChI=1S/C3H8O4S4/c1-10(4,8)6-3-7-11(2,5)9/h3H2,1-2H3. The van der Waals surface area contributed by atoms with Crippen LogP contribution >= 0.6 is 0 Å². The molecule has 0 aromatic heterocycles. The lowest BCUT2D eigenvalue weighted by molar-refractivity contribution is 0.150. The van der Waals surface area contributed by atoms with Gasteiger partial charge in [-0.1, -0.05) is 0 Å². The van der Waals surface area contributed by atoms with Crippen LogP contribution in [0, 0.1) is 0 Å². The quantitative estimate of drug-likeness (QED) is 0.617. The van der Waals surface area contributed by atoms with Crippen molar-refractivity contribution in [3.05, 3.63) is 0 Å². The van der Waals surface area contributed by atoms with Gasteiger partial charge in [0.05, 0.1) is 0 Å². The molecule has 0 fully saturated rings. The van der Waals surface area contributed by atoms with Crippen LogP contribution in [-0.2, 0) is 48.3 Å². The van der Waals surface area contributed by atoms with Crippen molar-refractivity contribution < 1.29 is 16.8 Å². The van der Waals surface area contributed by atoms with Crippen LogP contribution in [0.15, 0.2) is 0 Å². The van der Waals surface area contributed by atoms with Gasteiger partial charge in [0, 0.05) is 34.9 Å². The summed E-state index contributed by atoms with van der Waals surface area (Å²) in [5.74, 6) is 0. The molecule has 0 spiro atoms. The third kappa shape index (κ3) is 10.7. The van der Waals surface area contributed by atoms with E-state index in [2.05, 4.69) is 30.7 Å². The van der Waals surface area contributed by atoms with E-state index in [0.717, 1.165) is 0 Å². The lowest BCUT2D eigenvalue weighted by Gasteiger charge is -2.03. The van der Waals surface area contributed by atoms with Crippen molar-refractivity contribution >= 4 is 39.9 Å². The number of rotatable bonds is 4. The summed E-state index contributed by atoms with van der Waals surface area (Å²) in [5.41, 5.74) is 0. The van der Waals surface area contributed by atoms with Crippen molar-refractivity contribution in [1.82, 2.24) is 0 Å². The monoisotopic (exact) mass is 236 g/mol. The van der Waals surface area contributed by atoms with E-state index in [1.165, 1.54) is 12.5 Å². The van der Waals surface area contributed by atoms with Gasteiger partial charge in [-0.05, 0) is 0 Å². The summed E-state index contributed by atoms with van der Waals surface area (Å²) in [6, 6.07) is 0. The maximum atomic E-state index is 10.7. The van der Waals surface area contributed by atoms with Crippen molar-refractivity contribution in [3.8, 4) is 0 Å². The summed E-state index contributed by atoms with van der Waals surface area (Å²) in [6.45, 7) is -0.391. The molecule has 0 aliphatic carbocycles. The van der Waals surface area contributed by atoms with Crippen LogP contribution in [0.1, 0.15) is 0 Å². The van der Waals surface area contributed by atoms with Crippen LogP contribution in [0.25, 0.3) is 0 Å². The first-order valence-corrected chi connectivity index (χ1v) is 8.03. The highest BCUT2D eigenvalue weighted by molar-refractivity contribution is 8.30. The summed E-state index contributed by atoms with van der Waals surface area (Å²) in [4.78, 5) is 0. The minimum Gasteiger partial charge on any atom is -0.260 e. The van der Waals surface area contributed by atoms with Crippen LogP contribution in [0.3, 0.4) is 0 Å². The van der Waals surface area contributed by atoms with E-state index in [1.54, 1.807) is 0 Å². The van der Waals surface area contributed by atoms with E-state index >= 15 is 0 Å². The molecule has 0 heterocycles. The summed E-state index contributed by atoms with van der Waals surface area (Å²) >= 11 is 8.74. The Hall–Kier alpha value is 0.660. The lowest BCUT2D eigenvalue weighted by atomic mass is 11.6. The highest BCUT2D eigenvalue weighted by atomic mass is 32.8. The molecular formula is C3H8O4S4. The molecule has 11 heavy (non-hydrogen) atoms. The van der Waals surface area contributed by atoms with Crippen molar-refractivity contribution in [2.75, 3.05) is 19.3 Å². The van der Waals surface area contributed by atoms with E-state index in [9.17, 15) is 8.42 Å². The SMILES string of the molecule is CS(=O)(=S)OCOS(C)(=O)=S. The summed E-state index contributed by atoms with van der Waals surface area (Å²) in [6.07, 6.45) is 2.46. The fourth-order valence-corrected chi connectivity index (χ4v) is 0.937. The fraction of sp³-hybridized carbons (Fsp3) is 1.00. The molecule has 0 bridgehead atoms. The molecule has 68 valence electrons. The molecule has 2 unspecified atom stereocenters. The molecule has 2 atom stereocenters. The van der Waals surface area contributed by atoms with Crippen molar-refractivity contribution in [2.24, 2.45) is 0 Å². The zero-order valence-corrected chi connectivity index (χ0v) is 9.24. The van der Waals surface area contributed by atoms with E-state index in [0.29, 0.717) is 0 Å². The molecule has 0 rings (SSSR count). The first kappa shape index (κ1) is 11.7. The Labute approximate surface area is 76.0 Å². The predicted octanol–water partition coefficient (Wildman–Crippen LogP) is -0.441. The first-order valence-electron chi connectivity index (χ1n) is 2.39. The zero-order valence-electron chi connectivity index (χ0n) is 5.97.